The van der Waals surface area contributed by atoms with E-state index in [2.05, 4.69) is 28.5 Å². The SMILES string of the molecule is CCCCn1c(CN2CCC[C@H]2c2ccc3c(c2)OCCO3)nc2cc(S(N)(=O)=O)ccc21. The molecule has 2 N–H and O–H groups in total. The lowest BCUT2D eigenvalue weighted by molar-refractivity contribution is 0.170. The molecule has 1 fully saturated rings. The van der Waals surface area contributed by atoms with Gasteiger partial charge >= 0.3 is 0 Å². The second-order valence-corrected chi connectivity index (χ2v) is 10.3. The molecular formula is C24H30N4O4S. The first-order valence-electron chi connectivity index (χ1n) is 11.6. The van der Waals surface area contributed by atoms with Crippen LogP contribution in [0.3, 0.4) is 0 Å². The van der Waals surface area contributed by atoms with E-state index in [0.29, 0.717) is 25.3 Å². The fourth-order valence-corrected chi connectivity index (χ4v) is 5.40. The van der Waals surface area contributed by atoms with Gasteiger partial charge in [0.05, 0.1) is 22.5 Å². The number of primary sulfonamides is 1. The van der Waals surface area contributed by atoms with Crippen molar-refractivity contribution in [1.29, 1.82) is 0 Å². The molecule has 0 unspecified atom stereocenters. The number of rotatable bonds is 7. The van der Waals surface area contributed by atoms with Crippen LogP contribution in [0.2, 0.25) is 0 Å². The summed E-state index contributed by atoms with van der Waals surface area (Å²) < 4.78 is 37.4. The van der Waals surface area contributed by atoms with Gasteiger partial charge in [0.15, 0.2) is 11.5 Å². The number of fused-ring (bicyclic) bond motifs is 2. The highest BCUT2D eigenvalue weighted by Crippen LogP contribution is 2.38. The predicted octanol–water partition coefficient (Wildman–Crippen LogP) is 3.59. The van der Waals surface area contributed by atoms with Crippen LogP contribution < -0.4 is 14.6 Å². The number of aryl methyl sites for hydroxylation is 1. The first-order chi connectivity index (χ1) is 15.9. The van der Waals surface area contributed by atoms with Gasteiger partial charge in [-0.2, -0.15) is 0 Å². The number of nitrogens with zero attached hydrogens (tertiary/aromatic N) is 3. The van der Waals surface area contributed by atoms with Crippen molar-refractivity contribution in [3.8, 4) is 11.5 Å². The Balaban J connectivity index is 1.46. The van der Waals surface area contributed by atoms with E-state index in [4.69, 9.17) is 19.6 Å². The quantitative estimate of drug-likeness (QED) is 0.566. The number of hydrogen-bond acceptors (Lipinski definition) is 6. The standard InChI is InChI=1S/C24H30N4O4S/c1-2-3-11-28-21-8-7-18(33(25,29)30)15-19(21)26-24(28)16-27-10-4-5-20(27)17-6-9-22-23(14-17)32-13-12-31-22/h6-9,14-15,20H,2-5,10-13,16H2,1H3,(H2,25,29,30)/t20-/m0/s1. The first kappa shape index (κ1) is 22.2. The molecule has 2 aliphatic rings. The lowest BCUT2D eigenvalue weighted by Crippen LogP contribution is -2.25. The van der Waals surface area contributed by atoms with Gasteiger partial charge in [-0.25, -0.2) is 18.5 Å². The average molecular weight is 471 g/mol. The molecule has 0 spiro atoms. The highest BCUT2D eigenvalue weighted by atomic mass is 32.2. The van der Waals surface area contributed by atoms with Crippen molar-refractivity contribution in [1.82, 2.24) is 14.5 Å². The Morgan fingerprint density at radius 1 is 1.12 bits per heavy atom. The van der Waals surface area contributed by atoms with Gasteiger partial charge in [-0.15, -0.1) is 0 Å². The zero-order valence-corrected chi connectivity index (χ0v) is 19.7. The highest BCUT2D eigenvalue weighted by Gasteiger charge is 2.29. The first-order valence-corrected chi connectivity index (χ1v) is 13.1. The Morgan fingerprint density at radius 2 is 1.94 bits per heavy atom. The molecule has 3 heterocycles. The van der Waals surface area contributed by atoms with Crippen LogP contribution >= 0.6 is 0 Å². The highest BCUT2D eigenvalue weighted by molar-refractivity contribution is 7.89. The Hall–Kier alpha value is -2.62. The maximum atomic E-state index is 11.8. The van der Waals surface area contributed by atoms with E-state index in [1.165, 1.54) is 5.56 Å². The van der Waals surface area contributed by atoms with Crippen molar-refractivity contribution in [2.45, 2.75) is 56.6 Å². The van der Waals surface area contributed by atoms with Gasteiger partial charge in [0.1, 0.15) is 19.0 Å². The van der Waals surface area contributed by atoms with Crippen molar-refractivity contribution < 1.29 is 17.9 Å². The van der Waals surface area contributed by atoms with Gasteiger partial charge in [-0.3, -0.25) is 4.90 Å². The fraction of sp³-hybridized carbons (Fsp3) is 0.458. The number of aromatic nitrogens is 2. The summed E-state index contributed by atoms with van der Waals surface area (Å²) in [6.45, 7) is 5.85. The van der Waals surface area contributed by atoms with Crippen LogP contribution in [0, 0.1) is 0 Å². The topological polar surface area (TPSA) is 99.7 Å². The molecule has 176 valence electrons. The molecule has 1 saturated heterocycles. The van der Waals surface area contributed by atoms with Gasteiger partial charge in [0.2, 0.25) is 10.0 Å². The van der Waals surface area contributed by atoms with Crippen molar-refractivity contribution in [3.63, 3.8) is 0 Å². The third-order valence-corrected chi connectivity index (χ3v) is 7.43. The maximum Gasteiger partial charge on any atom is 0.238 e. The minimum absolute atomic E-state index is 0.0945. The number of unbranched alkanes of at least 4 members (excludes halogenated alkanes) is 1. The van der Waals surface area contributed by atoms with E-state index in [-0.39, 0.29) is 10.9 Å². The van der Waals surface area contributed by atoms with Crippen LogP contribution in [-0.2, 0) is 23.1 Å². The van der Waals surface area contributed by atoms with E-state index in [1.54, 1.807) is 12.1 Å². The van der Waals surface area contributed by atoms with Crippen molar-refractivity contribution in [2.24, 2.45) is 5.14 Å². The van der Waals surface area contributed by atoms with Crippen LogP contribution in [0.25, 0.3) is 11.0 Å². The van der Waals surface area contributed by atoms with Crippen LogP contribution in [0.15, 0.2) is 41.3 Å². The molecule has 2 aliphatic heterocycles. The molecule has 1 aromatic heterocycles. The molecule has 0 bridgehead atoms. The van der Waals surface area contributed by atoms with Gasteiger partial charge < -0.3 is 14.0 Å². The Labute approximate surface area is 194 Å². The molecule has 0 aliphatic carbocycles. The monoisotopic (exact) mass is 470 g/mol. The normalized spacial score (nSPS) is 18.8. The number of nitrogens with two attached hydrogens (primary N) is 1. The Morgan fingerprint density at radius 3 is 2.73 bits per heavy atom. The molecule has 0 amide bonds. The average Bonchev–Trinajstić information content (AvgIpc) is 3.40. The zero-order valence-electron chi connectivity index (χ0n) is 18.9. The summed E-state index contributed by atoms with van der Waals surface area (Å²) in [5.74, 6) is 2.58. The molecule has 3 aromatic rings. The summed E-state index contributed by atoms with van der Waals surface area (Å²) in [6, 6.07) is 11.5. The van der Waals surface area contributed by atoms with Crippen molar-refractivity contribution in [2.75, 3.05) is 19.8 Å². The van der Waals surface area contributed by atoms with E-state index in [0.717, 1.165) is 61.6 Å². The van der Waals surface area contributed by atoms with Crippen molar-refractivity contribution in [3.05, 3.63) is 47.8 Å². The molecule has 9 heteroatoms. The molecule has 0 saturated carbocycles. The fourth-order valence-electron chi connectivity index (χ4n) is 4.86. The van der Waals surface area contributed by atoms with Crippen LogP contribution in [0.4, 0.5) is 0 Å². The lowest BCUT2D eigenvalue weighted by Gasteiger charge is -2.26. The Bertz CT molecular complexity index is 1270. The Kier molecular flexibility index (Phi) is 6.03. The van der Waals surface area contributed by atoms with Gasteiger partial charge in [-0.05, 0) is 61.7 Å². The summed E-state index contributed by atoms with van der Waals surface area (Å²) in [5, 5.41) is 5.35. The maximum absolute atomic E-state index is 11.8. The van der Waals surface area contributed by atoms with Crippen molar-refractivity contribution >= 4 is 21.1 Å². The van der Waals surface area contributed by atoms with E-state index < -0.39 is 10.0 Å². The lowest BCUT2D eigenvalue weighted by atomic mass is 10.0. The number of likely N-dealkylation sites (tertiary alicyclic amines) is 1. The summed E-state index contributed by atoms with van der Waals surface area (Å²) in [5.41, 5.74) is 2.84. The number of hydrogen-bond donors (Lipinski definition) is 1. The summed E-state index contributed by atoms with van der Waals surface area (Å²) in [4.78, 5) is 7.41. The molecule has 0 radical (unpaired) electrons. The third-order valence-electron chi connectivity index (χ3n) is 6.52. The zero-order chi connectivity index (χ0) is 23.0. The summed E-state index contributed by atoms with van der Waals surface area (Å²) in [7, 11) is -3.77. The predicted molar refractivity (Wildman–Crippen MR) is 126 cm³/mol. The second-order valence-electron chi connectivity index (χ2n) is 8.76. The minimum atomic E-state index is -3.77. The van der Waals surface area contributed by atoms with E-state index in [1.807, 2.05) is 12.1 Å². The number of benzene rings is 2. The molecule has 5 rings (SSSR count). The van der Waals surface area contributed by atoms with Gasteiger partial charge in [0.25, 0.3) is 0 Å². The van der Waals surface area contributed by atoms with Crippen LogP contribution in [0.5, 0.6) is 11.5 Å². The second kappa shape index (κ2) is 8.96. The van der Waals surface area contributed by atoms with Gasteiger partial charge in [-0.1, -0.05) is 19.4 Å². The smallest absolute Gasteiger partial charge is 0.238 e. The number of imidazole rings is 1. The van der Waals surface area contributed by atoms with Crippen LogP contribution in [0.1, 0.15) is 50.0 Å². The van der Waals surface area contributed by atoms with E-state index in [9.17, 15) is 8.42 Å². The summed E-state index contributed by atoms with van der Waals surface area (Å²) >= 11 is 0. The third kappa shape index (κ3) is 4.45. The molecule has 1 atom stereocenters. The molecule has 2 aromatic carbocycles. The van der Waals surface area contributed by atoms with E-state index >= 15 is 0 Å². The largest absolute Gasteiger partial charge is 0.486 e. The van der Waals surface area contributed by atoms with Crippen LogP contribution in [-0.4, -0.2) is 42.6 Å². The molecule has 8 nitrogen and oxygen atoms in total. The number of sulfonamides is 1. The molecule has 33 heavy (non-hydrogen) atoms. The summed E-state index contributed by atoms with van der Waals surface area (Å²) in [6.07, 6.45) is 4.28. The molecular weight excluding hydrogens is 440 g/mol. The van der Waals surface area contributed by atoms with Gasteiger partial charge in [0, 0.05) is 12.6 Å². The number of ether oxygens (including phenoxy) is 2. The minimum Gasteiger partial charge on any atom is -0.486 e.